The predicted octanol–water partition coefficient (Wildman–Crippen LogP) is 2.66. The first-order valence-corrected chi connectivity index (χ1v) is 9.02. The Bertz CT molecular complexity index is 895. The van der Waals surface area contributed by atoms with Gasteiger partial charge >= 0.3 is 5.97 Å². The highest BCUT2D eigenvalue weighted by atomic mass is 16.5. The van der Waals surface area contributed by atoms with Crippen LogP contribution in [0.2, 0.25) is 0 Å². The van der Waals surface area contributed by atoms with Crippen LogP contribution in [0.4, 0.5) is 5.69 Å². The molecule has 0 radical (unpaired) electrons. The minimum absolute atomic E-state index is 0.252. The number of hydrogen-bond acceptors (Lipinski definition) is 6. The number of tetrazole rings is 1. The molecule has 1 unspecified atom stereocenters. The van der Waals surface area contributed by atoms with Gasteiger partial charge in [0, 0.05) is 12.1 Å². The van der Waals surface area contributed by atoms with Crippen LogP contribution in [0.15, 0.2) is 60.9 Å². The number of carbonyl (C=O) groups is 2. The average molecular weight is 379 g/mol. The highest BCUT2D eigenvalue weighted by Gasteiger charge is 2.22. The van der Waals surface area contributed by atoms with Gasteiger partial charge in [0.25, 0.3) is 0 Å². The zero-order valence-corrected chi connectivity index (χ0v) is 15.5. The Morgan fingerprint density at radius 3 is 2.50 bits per heavy atom. The lowest BCUT2D eigenvalue weighted by atomic mass is 10.1. The molecule has 28 heavy (non-hydrogen) atoms. The maximum Gasteiger partial charge on any atom is 0.338 e. The molecular formula is C20H21N5O3. The third-order valence-corrected chi connectivity index (χ3v) is 4.08. The largest absolute Gasteiger partial charge is 0.462 e. The minimum Gasteiger partial charge on any atom is -0.462 e. The van der Waals surface area contributed by atoms with Crippen molar-refractivity contribution in [2.75, 3.05) is 11.9 Å². The Morgan fingerprint density at radius 2 is 1.86 bits per heavy atom. The molecule has 0 saturated carbocycles. The van der Waals surface area contributed by atoms with E-state index in [1.54, 1.807) is 24.3 Å². The molecule has 2 aromatic carbocycles. The van der Waals surface area contributed by atoms with E-state index in [4.69, 9.17) is 4.74 Å². The molecule has 8 heteroatoms. The van der Waals surface area contributed by atoms with Crippen LogP contribution >= 0.6 is 0 Å². The van der Waals surface area contributed by atoms with Gasteiger partial charge in [-0.1, -0.05) is 37.3 Å². The summed E-state index contributed by atoms with van der Waals surface area (Å²) in [4.78, 5) is 24.7. The number of rotatable bonds is 8. The van der Waals surface area contributed by atoms with E-state index in [0.717, 1.165) is 12.0 Å². The molecule has 1 heterocycles. The fourth-order valence-corrected chi connectivity index (χ4v) is 2.65. The second-order valence-corrected chi connectivity index (χ2v) is 6.20. The lowest BCUT2D eigenvalue weighted by Gasteiger charge is -2.16. The zero-order valence-electron chi connectivity index (χ0n) is 15.5. The summed E-state index contributed by atoms with van der Waals surface area (Å²) in [7, 11) is 0. The van der Waals surface area contributed by atoms with Crippen molar-refractivity contribution in [1.29, 1.82) is 0 Å². The van der Waals surface area contributed by atoms with E-state index in [0.29, 0.717) is 24.3 Å². The van der Waals surface area contributed by atoms with Gasteiger partial charge in [-0.3, -0.25) is 4.79 Å². The van der Waals surface area contributed by atoms with Gasteiger partial charge in [-0.25, -0.2) is 9.48 Å². The summed E-state index contributed by atoms with van der Waals surface area (Å²) < 4.78 is 6.53. The van der Waals surface area contributed by atoms with Gasteiger partial charge in [0.2, 0.25) is 5.91 Å². The Morgan fingerprint density at radius 1 is 1.11 bits per heavy atom. The van der Waals surface area contributed by atoms with Gasteiger partial charge in [-0.05, 0) is 46.7 Å². The van der Waals surface area contributed by atoms with Crippen molar-refractivity contribution in [3.8, 4) is 0 Å². The van der Waals surface area contributed by atoms with Crippen LogP contribution in [0, 0.1) is 0 Å². The minimum atomic E-state index is -0.605. The van der Waals surface area contributed by atoms with E-state index in [1.807, 2.05) is 37.3 Å². The van der Waals surface area contributed by atoms with Gasteiger partial charge in [-0.15, -0.1) is 5.10 Å². The van der Waals surface area contributed by atoms with Crippen LogP contribution in [0.5, 0.6) is 0 Å². The molecule has 1 amide bonds. The van der Waals surface area contributed by atoms with E-state index in [2.05, 4.69) is 20.8 Å². The summed E-state index contributed by atoms with van der Waals surface area (Å²) >= 11 is 0. The van der Waals surface area contributed by atoms with Crippen LogP contribution < -0.4 is 5.32 Å². The maximum absolute atomic E-state index is 12.9. The molecule has 0 aliphatic carbocycles. The molecule has 0 aliphatic heterocycles. The van der Waals surface area contributed by atoms with Gasteiger partial charge in [0.05, 0.1) is 12.2 Å². The standard InChI is InChI=1S/C20H21N5O3/c1-2-12-28-20(27)16-8-10-17(11-9-16)22-19(26)18(25-14-21-23-24-25)13-15-6-4-3-5-7-15/h3-11,14,18H,2,12-13H2,1H3,(H,22,26). The van der Waals surface area contributed by atoms with Crippen LogP contribution in [0.1, 0.15) is 35.3 Å². The fourth-order valence-electron chi connectivity index (χ4n) is 2.65. The van der Waals surface area contributed by atoms with E-state index in [9.17, 15) is 9.59 Å². The molecule has 0 aliphatic rings. The molecule has 3 rings (SSSR count). The van der Waals surface area contributed by atoms with Crippen LogP contribution in [0.25, 0.3) is 0 Å². The number of benzene rings is 2. The highest BCUT2D eigenvalue weighted by Crippen LogP contribution is 2.17. The third kappa shape index (κ3) is 5.00. The molecule has 0 bridgehead atoms. The Labute approximate surface area is 162 Å². The summed E-state index contributed by atoms with van der Waals surface area (Å²) in [6.07, 6.45) is 2.62. The number of hydrogen-bond donors (Lipinski definition) is 1. The van der Waals surface area contributed by atoms with Crippen molar-refractivity contribution in [2.24, 2.45) is 0 Å². The van der Waals surface area contributed by atoms with Crippen molar-refractivity contribution in [2.45, 2.75) is 25.8 Å². The van der Waals surface area contributed by atoms with E-state index >= 15 is 0 Å². The number of esters is 1. The smallest absolute Gasteiger partial charge is 0.338 e. The van der Waals surface area contributed by atoms with Gasteiger partial charge < -0.3 is 10.1 Å². The number of anilines is 1. The number of aromatic nitrogens is 4. The summed E-state index contributed by atoms with van der Waals surface area (Å²) in [6, 6.07) is 15.6. The Hall–Kier alpha value is -3.55. The predicted molar refractivity (Wildman–Crippen MR) is 103 cm³/mol. The molecule has 144 valence electrons. The van der Waals surface area contributed by atoms with Crippen LogP contribution in [0.3, 0.4) is 0 Å². The SMILES string of the molecule is CCCOC(=O)c1ccc(NC(=O)C(Cc2ccccc2)n2cnnn2)cc1. The van der Waals surface area contributed by atoms with Crippen molar-refractivity contribution in [3.05, 3.63) is 72.1 Å². The molecular weight excluding hydrogens is 358 g/mol. The average Bonchev–Trinajstić information content (AvgIpc) is 3.26. The molecule has 1 atom stereocenters. The lowest BCUT2D eigenvalue weighted by molar-refractivity contribution is -0.119. The van der Waals surface area contributed by atoms with E-state index in [-0.39, 0.29) is 11.9 Å². The van der Waals surface area contributed by atoms with Crippen molar-refractivity contribution >= 4 is 17.6 Å². The number of carbonyl (C=O) groups excluding carboxylic acids is 2. The maximum atomic E-state index is 12.9. The molecule has 0 spiro atoms. The molecule has 8 nitrogen and oxygen atoms in total. The summed E-state index contributed by atoms with van der Waals surface area (Å²) in [5, 5.41) is 14.0. The number of nitrogens with one attached hydrogen (secondary N) is 1. The molecule has 1 N–H and O–H groups in total. The first kappa shape index (κ1) is 19.2. The van der Waals surface area contributed by atoms with Crippen molar-refractivity contribution < 1.29 is 14.3 Å². The first-order chi connectivity index (χ1) is 13.7. The number of amides is 1. The first-order valence-electron chi connectivity index (χ1n) is 9.02. The second kappa shape index (κ2) is 9.40. The van der Waals surface area contributed by atoms with Crippen LogP contribution in [-0.4, -0.2) is 38.7 Å². The van der Waals surface area contributed by atoms with E-state index in [1.165, 1.54) is 11.0 Å². The molecule has 3 aromatic rings. The van der Waals surface area contributed by atoms with Gasteiger partial charge in [0.1, 0.15) is 12.4 Å². The van der Waals surface area contributed by atoms with Gasteiger partial charge in [-0.2, -0.15) is 0 Å². The molecule has 0 saturated heterocycles. The van der Waals surface area contributed by atoms with Gasteiger partial charge in [0.15, 0.2) is 0 Å². The van der Waals surface area contributed by atoms with Crippen molar-refractivity contribution in [1.82, 2.24) is 20.2 Å². The summed E-state index contributed by atoms with van der Waals surface area (Å²) in [5.74, 6) is -0.632. The number of ether oxygens (including phenoxy) is 1. The van der Waals surface area contributed by atoms with E-state index < -0.39 is 6.04 Å². The fraction of sp³-hybridized carbons (Fsp3) is 0.250. The van der Waals surface area contributed by atoms with Crippen molar-refractivity contribution in [3.63, 3.8) is 0 Å². The molecule has 0 fully saturated rings. The third-order valence-electron chi connectivity index (χ3n) is 4.08. The second-order valence-electron chi connectivity index (χ2n) is 6.20. The number of nitrogens with zero attached hydrogens (tertiary/aromatic N) is 4. The monoisotopic (exact) mass is 379 g/mol. The lowest BCUT2D eigenvalue weighted by Crippen LogP contribution is -2.28. The molecule has 1 aromatic heterocycles. The Kier molecular flexibility index (Phi) is 6.46. The zero-order chi connectivity index (χ0) is 19.8. The normalized spacial score (nSPS) is 11.6. The summed E-state index contributed by atoms with van der Waals surface area (Å²) in [6.45, 7) is 2.31. The quantitative estimate of drug-likeness (QED) is 0.604. The highest BCUT2D eigenvalue weighted by molar-refractivity contribution is 5.95. The van der Waals surface area contributed by atoms with Crippen LogP contribution in [-0.2, 0) is 16.0 Å². The topological polar surface area (TPSA) is 99.0 Å². The Balaban J connectivity index is 1.70. The summed E-state index contributed by atoms with van der Waals surface area (Å²) in [5.41, 5.74) is 2.00.